The first-order valence-electron chi connectivity index (χ1n) is 11.4. The minimum atomic E-state index is 0.152. The molecule has 1 aromatic heterocycles. The van der Waals surface area contributed by atoms with Gasteiger partial charge >= 0.3 is 0 Å². The highest BCUT2D eigenvalue weighted by molar-refractivity contribution is 5.95. The third-order valence-corrected chi connectivity index (χ3v) is 6.97. The summed E-state index contributed by atoms with van der Waals surface area (Å²) in [6.07, 6.45) is 2.40. The van der Waals surface area contributed by atoms with E-state index in [1.165, 1.54) is 35.2 Å². The number of nitrogens with one attached hydrogen (secondary N) is 1. The molecule has 1 aliphatic heterocycles. The Bertz CT molecular complexity index is 1070. The number of piperidine rings is 1. The summed E-state index contributed by atoms with van der Waals surface area (Å²) in [4.78, 5) is 4.86. The van der Waals surface area contributed by atoms with Crippen molar-refractivity contribution in [1.82, 2.24) is 15.1 Å². The van der Waals surface area contributed by atoms with E-state index in [9.17, 15) is 0 Å². The highest BCUT2D eigenvalue weighted by Crippen LogP contribution is 2.32. The number of aryl methyl sites for hydroxylation is 2. The molecule has 2 heterocycles. The van der Waals surface area contributed by atoms with Gasteiger partial charge in [0.25, 0.3) is 0 Å². The first-order chi connectivity index (χ1) is 14.8. The number of nitrogens with zero attached hydrogens (tertiary/aromatic N) is 4. The fourth-order valence-corrected chi connectivity index (χ4v) is 4.75. The molecule has 1 N–H and O–H groups in total. The number of hydrogen-bond donors (Lipinski definition) is 1. The Balaban J connectivity index is 1.64. The van der Waals surface area contributed by atoms with Crippen LogP contribution in [0.3, 0.4) is 0 Å². The molecule has 0 aliphatic carbocycles. The third kappa shape index (κ3) is 4.38. The summed E-state index contributed by atoms with van der Waals surface area (Å²) in [5.41, 5.74) is 6.19. The number of fused-ring (bicyclic) bond motifs is 1. The minimum absolute atomic E-state index is 0.152. The number of anilines is 2. The zero-order valence-corrected chi connectivity index (χ0v) is 19.7. The number of hydrogen-bond acceptors (Lipinski definition) is 5. The van der Waals surface area contributed by atoms with Crippen molar-refractivity contribution in [2.75, 3.05) is 37.4 Å². The van der Waals surface area contributed by atoms with E-state index in [2.05, 4.69) is 96.6 Å². The monoisotopic (exact) mass is 417 g/mol. The molecular formula is C26H35N5. The van der Waals surface area contributed by atoms with Crippen LogP contribution in [0.1, 0.15) is 48.2 Å². The van der Waals surface area contributed by atoms with Gasteiger partial charge in [0.15, 0.2) is 5.82 Å². The maximum Gasteiger partial charge on any atom is 0.157 e. The highest BCUT2D eigenvalue weighted by Gasteiger charge is 2.21. The van der Waals surface area contributed by atoms with Gasteiger partial charge in [-0.05, 0) is 83.5 Å². The van der Waals surface area contributed by atoms with Crippen molar-refractivity contribution in [3.8, 4) is 0 Å². The summed E-state index contributed by atoms with van der Waals surface area (Å²) in [6, 6.07) is 14.1. The van der Waals surface area contributed by atoms with Crippen LogP contribution < -0.4 is 10.2 Å². The van der Waals surface area contributed by atoms with E-state index in [0.717, 1.165) is 35.4 Å². The molecule has 0 amide bonds. The predicted octanol–water partition coefficient (Wildman–Crippen LogP) is 5.26. The van der Waals surface area contributed by atoms with E-state index in [-0.39, 0.29) is 6.04 Å². The molecule has 31 heavy (non-hydrogen) atoms. The molecule has 0 saturated carbocycles. The molecule has 5 nitrogen and oxygen atoms in total. The lowest BCUT2D eigenvalue weighted by Gasteiger charge is -2.36. The molecule has 0 spiro atoms. The summed E-state index contributed by atoms with van der Waals surface area (Å²) >= 11 is 0. The van der Waals surface area contributed by atoms with E-state index in [0.29, 0.717) is 6.04 Å². The molecule has 1 atom stereocenters. The zero-order valence-electron chi connectivity index (χ0n) is 19.7. The van der Waals surface area contributed by atoms with Gasteiger partial charge in [0.1, 0.15) is 0 Å². The first kappa shape index (κ1) is 21.6. The third-order valence-electron chi connectivity index (χ3n) is 6.97. The van der Waals surface area contributed by atoms with Crippen molar-refractivity contribution >= 4 is 22.3 Å². The Kier molecular flexibility index (Phi) is 6.15. The van der Waals surface area contributed by atoms with E-state index in [1.54, 1.807) is 0 Å². The van der Waals surface area contributed by atoms with E-state index < -0.39 is 0 Å². The second-order valence-corrected chi connectivity index (χ2v) is 9.20. The topological polar surface area (TPSA) is 44.3 Å². The van der Waals surface area contributed by atoms with E-state index >= 15 is 0 Å². The average Bonchev–Trinajstić information content (AvgIpc) is 2.77. The normalized spacial score (nSPS) is 16.2. The van der Waals surface area contributed by atoms with Gasteiger partial charge in [-0.1, -0.05) is 24.3 Å². The van der Waals surface area contributed by atoms with Crippen LogP contribution in [-0.4, -0.2) is 48.3 Å². The summed E-state index contributed by atoms with van der Waals surface area (Å²) in [5, 5.41) is 15.0. The van der Waals surface area contributed by atoms with Gasteiger partial charge in [0.2, 0.25) is 0 Å². The van der Waals surface area contributed by atoms with Crippen LogP contribution in [0.2, 0.25) is 0 Å². The Labute approximate surface area is 186 Å². The van der Waals surface area contributed by atoms with Crippen LogP contribution in [0.4, 0.5) is 11.5 Å². The molecule has 0 radical (unpaired) electrons. The van der Waals surface area contributed by atoms with Crippen molar-refractivity contribution in [1.29, 1.82) is 0 Å². The lowest BCUT2D eigenvalue weighted by Crippen LogP contribution is -2.41. The fourth-order valence-electron chi connectivity index (χ4n) is 4.75. The molecule has 0 unspecified atom stereocenters. The number of rotatable bonds is 5. The van der Waals surface area contributed by atoms with Crippen molar-refractivity contribution in [3.05, 3.63) is 58.8 Å². The van der Waals surface area contributed by atoms with Crippen LogP contribution in [0, 0.1) is 20.8 Å². The summed E-state index contributed by atoms with van der Waals surface area (Å²) in [7, 11) is 4.37. The molecule has 4 rings (SSSR count). The summed E-state index contributed by atoms with van der Waals surface area (Å²) < 4.78 is 0. The van der Waals surface area contributed by atoms with E-state index in [1.807, 2.05) is 6.92 Å². The molecule has 3 aromatic rings. The van der Waals surface area contributed by atoms with Crippen LogP contribution >= 0.6 is 0 Å². The van der Waals surface area contributed by atoms with Gasteiger partial charge in [0, 0.05) is 35.6 Å². The largest absolute Gasteiger partial charge is 0.371 e. The zero-order chi connectivity index (χ0) is 22.1. The van der Waals surface area contributed by atoms with Crippen molar-refractivity contribution in [2.45, 2.75) is 52.6 Å². The Morgan fingerprint density at radius 3 is 2.45 bits per heavy atom. The lowest BCUT2D eigenvalue weighted by atomic mass is 9.98. The van der Waals surface area contributed by atoms with Gasteiger partial charge < -0.3 is 15.1 Å². The van der Waals surface area contributed by atoms with Gasteiger partial charge in [-0.25, -0.2) is 0 Å². The molecule has 5 heteroatoms. The molecule has 0 bridgehead atoms. The van der Waals surface area contributed by atoms with E-state index in [4.69, 9.17) is 0 Å². The Hall–Kier alpha value is -2.66. The molecule has 1 aliphatic rings. The van der Waals surface area contributed by atoms with Gasteiger partial charge in [-0.2, -0.15) is 5.10 Å². The van der Waals surface area contributed by atoms with Gasteiger partial charge in [-0.15, -0.1) is 5.10 Å². The SMILES string of the molecule is Cc1cccc([C@@H](C)Nc2nnc(C)c3ccc(N4CCC(N(C)C)CC4)cc23)c1C. The predicted molar refractivity (Wildman–Crippen MR) is 131 cm³/mol. The molecule has 164 valence electrons. The lowest BCUT2D eigenvalue weighted by molar-refractivity contribution is 0.249. The maximum atomic E-state index is 4.56. The van der Waals surface area contributed by atoms with Crippen LogP contribution in [0.5, 0.6) is 0 Å². The van der Waals surface area contributed by atoms with Gasteiger partial charge in [-0.3, -0.25) is 0 Å². The quantitative estimate of drug-likeness (QED) is 0.613. The highest BCUT2D eigenvalue weighted by atomic mass is 15.2. The first-order valence-corrected chi connectivity index (χ1v) is 11.4. The fraction of sp³-hybridized carbons (Fsp3) is 0.462. The standard InChI is InChI=1S/C26H35N5/c1-17-8-7-9-23(18(17)2)19(3)27-26-25-16-22(10-11-24(25)20(4)28-29-26)31-14-12-21(13-15-31)30(5)6/h7-11,16,19,21H,12-15H2,1-6H3,(H,27,29)/t19-/m1/s1. The molecule has 1 fully saturated rings. The van der Waals surface area contributed by atoms with Crippen LogP contribution in [-0.2, 0) is 0 Å². The second-order valence-electron chi connectivity index (χ2n) is 9.20. The molecule has 2 aromatic carbocycles. The number of benzene rings is 2. The Morgan fingerprint density at radius 2 is 1.74 bits per heavy atom. The minimum Gasteiger partial charge on any atom is -0.371 e. The summed E-state index contributed by atoms with van der Waals surface area (Å²) in [6.45, 7) is 10.8. The molecule has 1 saturated heterocycles. The second kappa shape index (κ2) is 8.83. The number of aromatic nitrogens is 2. The van der Waals surface area contributed by atoms with Crippen molar-refractivity contribution < 1.29 is 0 Å². The van der Waals surface area contributed by atoms with Crippen molar-refractivity contribution in [3.63, 3.8) is 0 Å². The van der Waals surface area contributed by atoms with Gasteiger partial charge in [0.05, 0.1) is 11.7 Å². The average molecular weight is 418 g/mol. The molecular weight excluding hydrogens is 382 g/mol. The Morgan fingerprint density at radius 1 is 1.00 bits per heavy atom. The summed E-state index contributed by atoms with van der Waals surface area (Å²) in [5.74, 6) is 0.860. The maximum absolute atomic E-state index is 4.56. The van der Waals surface area contributed by atoms with Crippen molar-refractivity contribution in [2.24, 2.45) is 0 Å². The van der Waals surface area contributed by atoms with Crippen LogP contribution in [0.25, 0.3) is 10.8 Å². The van der Waals surface area contributed by atoms with Crippen LogP contribution in [0.15, 0.2) is 36.4 Å². The smallest absolute Gasteiger partial charge is 0.157 e.